The Labute approximate surface area is 171 Å². The second kappa shape index (κ2) is 8.29. The molecule has 2 aliphatic rings. The number of hydrogen-bond donors (Lipinski definition) is 2. The van der Waals surface area contributed by atoms with Crippen LogP contribution < -0.4 is 15.1 Å². The number of hydrogen-bond acceptors (Lipinski definition) is 4. The van der Waals surface area contributed by atoms with E-state index in [1.807, 2.05) is 47.9 Å². The Kier molecular flexibility index (Phi) is 5.58. The molecule has 1 atom stereocenters. The number of hydroxylamine groups is 1. The maximum Gasteiger partial charge on any atom is 0.245 e. The zero-order chi connectivity index (χ0) is 20.3. The summed E-state index contributed by atoms with van der Waals surface area (Å²) in [7, 11) is 0. The number of fused-ring (bicyclic) bond motifs is 1. The molecule has 5 nitrogen and oxygen atoms in total. The van der Waals surface area contributed by atoms with Gasteiger partial charge in [0.1, 0.15) is 12.4 Å². The Hall–Kier alpha value is -2.79. The second-order valence-corrected chi connectivity index (χ2v) is 8.06. The van der Waals surface area contributed by atoms with Crippen LogP contribution in [-0.4, -0.2) is 29.3 Å². The predicted molar refractivity (Wildman–Crippen MR) is 114 cm³/mol. The van der Waals surface area contributed by atoms with Gasteiger partial charge in [0.05, 0.1) is 6.42 Å². The van der Waals surface area contributed by atoms with E-state index < -0.39 is 0 Å². The summed E-state index contributed by atoms with van der Waals surface area (Å²) >= 11 is 0. The average molecular weight is 392 g/mol. The molecular weight excluding hydrogens is 364 g/mol. The Morgan fingerprint density at radius 3 is 2.55 bits per heavy atom. The molecule has 0 aromatic heterocycles. The molecule has 1 aliphatic heterocycles. The maximum absolute atomic E-state index is 12.1. The van der Waals surface area contributed by atoms with Gasteiger partial charge in [-0.15, -0.1) is 0 Å². The first-order valence-electron chi connectivity index (χ1n) is 10.3. The summed E-state index contributed by atoms with van der Waals surface area (Å²) in [6, 6.07) is 18.3. The lowest BCUT2D eigenvalue weighted by atomic mass is 9.84. The molecule has 2 aromatic carbocycles. The number of carbonyl (C=O) groups excluding carboxylic acids is 1. The van der Waals surface area contributed by atoms with Crippen LogP contribution >= 0.6 is 0 Å². The van der Waals surface area contributed by atoms with Crippen molar-refractivity contribution in [1.82, 2.24) is 5.48 Å². The van der Waals surface area contributed by atoms with E-state index in [2.05, 4.69) is 30.0 Å². The lowest BCUT2D eigenvalue weighted by Crippen LogP contribution is -2.54. The highest BCUT2D eigenvalue weighted by Gasteiger charge is 2.45. The quantitative estimate of drug-likeness (QED) is 0.559. The second-order valence-electron chi connectivity index (χ2n) is 8.06. The monoisotopic (exact) mass is 392 g/mol. The molecule has 5 heteroatoms. The number of amides is 1. The summed E-state index contributed by atoms with van der Waals surface area (Å²) in [5.74, 6) is 0.534. The smallest absolute Gasteiger partial charge is 0.245 e. The van der Waals surface area contributed by atoms with E-state index in [0.29, 0.717) is 13.0 Å². The van der Waals surface area contributed by atoms with Gasteiger partial charge >= 0.3 is 0 Å². The van der Waals surface area contributed by atoms with E-state index in [1.54, 1.807) is 0 Å². The minimum Gasteiger partial charge on any atom is -0.489 e. The Balaban J connectivity index is 1.66. The van der Waals surface area contributed by atoms with Gasteiger partial charge in [-0.3, -0.25) is 10.0 Å². The molecule has 2 aromatic rings. The summed E-state index contributed by atoms with van der Waals surface area (Å²) < 4.78 is 6.03. The normalized spacial score (nSPS) is 20.0. The van der Waals surface area contributed by atoms with Crippen LogP contribution in [0.5, 0.6) is 5.75 Å². The van der Waals surface area contributed by atoms with Crippen molar-refractivity contribution < 1.29 is 14.7 Å². The van der Waals surface area contributed by atoms with Gasteiger partial charge in [0, 0.05) is 22.8 Å². The number of carbonyl (C=O) groups is 1. The number of rotatable bonds is 6. The Morgan fingerprint density at radius 1 is 1.14 bits per heavy atom. The molecule has 0 radical (unpaired) electrons. The molecule has 0 bridgehead atoms. The van der Waals surface area contributed by atoms with E-state index in [9.17, 15) is 4.79 Å². The molecule has 29 heavy (non-hydrogen) atoms. The molecule has 1 saturated carbocycles. The van der Waals surface area contributed by atoms with Crippen LogP contribution in [0.3, 0.4) is 0 Å². The number of anilines is 1. The van der Waals surface area contributed by atoms with Gasteiger partial charge in [-0.1, -0.05) is 55.3 Å². The van der Waals surface area contributed by atoms with Crippen LogP contribution in [0.15, 0.2) is 60.7 Å². The van der Waals surface area contributed by atoms with Gasteiger partial charge in [-0.05, 0) is 43.5 Å². The Morgan fingerprint density at radius 2 is 1.83 bits per heavy atom. The largest absolute Gasteiger partial charge is 0.489 e. The van der Waals surface area contributed by atoms with Crippen LogP contribution in [0.4, 0.5) is 5.69 Å². The lowest BCUT2D eigenvalue weighted by molar-refractivity contribution is -0.130. The molecule has 4 rings (SSSR count). The predicted octanol–water partition coefficient (Wildman–Crippen LogP) is 4.57. The van der Waals surface area contributed by atoms with Crippen LogP contribution in [0.1, 0.15) is 44.6 Å². The summed E-state index contributed by atoms with van der Waals surface area (Å²) in [5.41, 5.74) is 5.02. The molecule has 1 fully saturated rings. The van der Waals surface area contributed by atoms with Crippen molar-refractivity contribution in [2.24, 2.45) is 0 Å². The van der Waals surface area contributed by atoms with E-state index >= 15 is 0 Å². The van der Waals surface area contributed by atoms with Gasteiger partial charge in [-0.25, -0.2) is 5.48 Å². The van der Waals surface area contributed by atoms with Crippen LogP contribution in [0.25, 0.3) is 5.57 Å². The lowest BCUT2D eigenvalue weighted by Gasteiger charge is -2.48. The number of benzene rings is 2. The fraction of sp³-hybridized carbons (Fsp3) is 0.375. The SMILES string of the molecule is CC1C=C(COc2ccccc2)c2ccccc2N1C1(CC(=O)NO)CCCC1. The van der Waals surface area contributed by atoms with E-state index in [0.717, 1.165) is 48.3 Å². The number of nitrogens with zero attached hydrogens (tertiary/aromatic N) is 1. The minimum absolute atomic E-state index is 0.129. The highest BCUT2D eigenvalue weighted by atomic mass is 16.5. The van der Waals surface area contributed by atoms with Crippen molar-refractivity contribution in [3.05, 3.63) is 66.2 Å². The van der Waals surface area contributed by atoms with Crippen molar-refractivity contribution in [2.45, 2.75) is 50.6 Å². The average Bonchev–Trinajstić information content (AvgIpc) is 3.21. The molecule has 1 aliphatic carbocycles. The van der Waals surface area contributed by atoms with Crippen molar-refractivity contribution in [1.29, 1.82) is 0 Å². The molecule has 1 unspecified atom stereocenters. The zero-order valence-electron chi connectivity index (χ0n) is 16.8. The molecule has 2 N–H and O–H groups in total. The summed E-state index contributed by atoms with van der Waals surface area (Å²) in [5, 5.41) is 9.14. The summed E-state index contributed by atoms with van der Waals surface area (Å²) in [4.78, 5) is 14.5. The minimum atomic E-state index is -0.321. The van der Waals surface area contributed by atoms with Crippen molar-refractivity contribution in [3.8, 4) is 5.75 Å². The topological polar surface area (TPSA) is 61.8 Å². The van der Waals surface area contributed by atoms with Crippen molar-refractivity contribution in [3.63, 3.8) is 0 Å². The van der Waals surface area contributed by atoms with Crippen LogP contribution in [-0.2, 0) is 4.79 Å². The van der Waals surface area contributed by atoms with E-state index in [4.69, 9.17) is 9.94 Å². The first-order valence-corrected chi connectivity index (χ1v) is 10.3. The van der Waals surface area contributed by atoms with Gasteiger partial charge in [0.15, 0.2) is 0 Å². The van der Waals surface area contributed by atoms with Crippen molar-refractivity contribution >= 4 is 17.2 Å². The molecular formula is C24H28N2O3. The van der Waals surface area contributed by atoms with E-state index in [-0.39, 0.29) is 17.5 Å². The molecule has 0 spiro atoms. The number of nitrogens with one attached hydrogen (secondary N) is 1. The highest BCUT2D eigenvalue weighted by molar-refractivity contribution is 5.84. The van der Waals surface area contributed by atoms with Gasteiger partial charge in [0.2, 0.25) is 5.91 Å². The van der Waals surface area contributed by atoms with Gasteiger partial charge in [0.25, 0.3) is 0 Å². The third-order valence-corrected chi connectivity index (χ3v) is 6.16. The first kappa shape index (κ1) is 19.5. The van der Waals surface area contributed by atoms with Crippen LogP contribution in [0.2, 0.25) is 0 Å². The Bertz CT molecular complexity index is 888. The van der Waals surface area contributed by atoms with Crippen molar-refractivity contribution in [2.75, 3.05) is 11.5 Å². The van der Waals surface area contributed by atoms with Crippen LogP contribution in [0, 0.1) is 0 Å². The molecule has 0 saturated heterocycles. The summed E-state index contributed by atoms with van der Waals surface area (Å²) in [6.45, 7) is 2.68. The zero-order valence-corrected chi connectivity index (χ0v) is 16.8. The van der Waals surface area contributed by atoms with Gasteiger partial charge < -0.3 is 9.64 Å². The van der Waals surface area contributed by atoms with Gasteiger partial charge in [-0.2, -0.15) is 0 Å². The fourth-order valence-electron chi connectivity index (χ4n) is 5.00. The molecule has 1 heterocycles. The molecule has 152 valence electrons. The summed E-state index contributed by atoms with van der Waals surface area (Å²) in [6.07, 6.45) is 6.63. The molecule has 1 amide bonds. The third kappa shape index (κ3) is 3.87. The fourth-order valence-corrected chi connectivity index (χ4v) is 5.00. The number of para-hydroxylation sites is 2. The standard InChI is InChI=1S/C24H28N2O3/c1-18-15-19(17-29-20-9-3-2-4-10-20)21-11-5-6-12-22(21)26(18)24(13-7-8-14-24)16-23(27)25-28/h2-6,9-12,15,18,28H,7-8,13-14,16-17H2,1H3,(H,25,27). The third-order valence-electron chi connectivity index (χ3n) is 6.16. The maximum atomic E-state index is 12.1. The van der Waals surface area contributed by atoms with E-state index in [1.165, 1.54) is 0 Å². The highest BCUT2D eigenvalue weighted by Crippen LogP contribution is 2.46. The first-order chi connectivity index (χ1) is 14.1. The number of ether oxygens (including phenoxy) is 1.